The predicted octanol–water partition coefficient (Wildman–Crippen LogP) is 2.91. The molecule has 2 aromatic heterocycles. The number of carbonyl (C=O) groups excluding carboxylic acids is 2. The first-order valence-electron chi connectivity index (χ1n) is 9.05. The van der Waals surface area contributed by atoms with Gasteiger partial charge in [0, 0.05) is 5.56 Å². The van der Waals surface area contributed by atoms with Crippen molar-refractivity contribution in [3.63, 3.8) is 0 Å². The Morgan fingerprint density at radius 2 is 1.71 bits per heavy atom. The van der Waals surface area contributed by atoms with E-state index in [-0.39, 0.29) is 16.7 Å². The number of alkyl halides is 3. The number of para-hydroxylation sites is 2. The third-order valence-electron chi connectivity index (χ3n) is 4.42. The van der Waals surface area contributed by atoms with Crippen molar-refractivity contribution in [2.75, 3.05) is 0 Å². The van der Waals surface area contributed by atoms with Crippen molar-refractivity contribution in [3.8, 4) is 11.3 Å². The summed E-state index contributed by atoms with van der Waals surface area (Å²) in [7, 11) is 0. The number of aromatic amines is 1. The van der Waals surface area contributed by atoms with E-state index in [4.69, 9.17) is 0 Å². The molecular weight excluding hydrogens is 413 g/mol. The Bertz CT molecular complexity index is 1250. The quantitative estimate of drug-likeness (QED) is 0.435. The Morgan fingerprint density at radius 3 is 2.45 bits per heavy atom. The molecule has 31 heavy (non-hydrogen) atoms. The number of hydrogen-bond donors (Lipinski definition) is 3. The van der Waals surface area contributed by atoms with Crippen molar-refractivity contribution in [3.05, 3.63) is 72.2 Å². The van der Waals surface area contributed by atoms with Crippen LogP contribution in [-0.4, -0.2) is 31.6 Å². The van der Waals surface area contributed by atoms with E-state index >= 15 is 0 Å². The number of imidazole rings is 1. The lowest BCUT2D eigenvalue weighted by Crippen LogP contribution is -2.43. The van der Waals surface area contributed by atoms with E-state index in [1.807, 2.05) is 30.3 Å². The summed E-state index contributed by atoms with van der Waals surface area (Å²) in [6.45, 7) is -0.687. The van der Waals surface area contributed by atoms with E-state index < -0.39 is 30.4 Å². The van der Waals surface area contributed by atoms with Gasteiger partial charge in [-0.25, -0.2) is 4.98 Å². The molecule has 0 aliphatic carbocycles. The van der Waals surface area contributed by atoms with Gasteiger partial charge in [0.15, 0.2) is 0 Å². The van der Waals surface area contributed by atoms with E-state index in [9.17, 15) is 22.8 Å². The van der Waals surface area contributed by atoms with E-state index in [2.05, 4.69) is 26.0 Å². The number of amides is 2. The van der Waals surface area contributed by atoms with Gasteiger partial charge in [-0.15, -0.1) is 0 Å². The highest BCUT2D eigenvalue weighted by molar-refractivity contribution is 5.94. The highest BCUT2D eigenvalue weighted by Crippen LogP contribution is 2.31. The second-order valence-corrected chi connectivity index (χ2v) is 6.54. The number of nitrogens with one attached hydrogen (secondary N) is 3. The Morgan fingerprint density at radius 1 is 1.00 bits per heavy atom. The van der Waals surface area contributed by atoms with Gasteiger partial charge >= 0.3 is 6.18 Å². The van der Waals surface area contributed by atoms with Gasteiger partial charge in [-0.2, -0.15) is 18.3 Å². The van der Waals surface area contributed by atoms with Crippen LogP contribution >= 0.6 is 0 Å². The molecule has 11 heteroatoms. The standard InChI is InChI=1S/C20H15F3N6O2/c21-20(22,23)19-24-13-8-4-5-9-16(13)29(19)11-17(30)27-28-18(31)15-10-14(25-26-15)12-6-2-1-3-7-12/h1-10H,11H2,(H,25,26)(H,27,30)(H,28,31). The zero-order valence-corrected chi connectivity index (χ0v) is 15.8. The number of benzene rings is 2. The molecule has 158 valence electrons. The van der Waals surface area contributed by atoms with Crippen LogP contribution in [0, 0.1) is 0 Å². The normalized spacial score (nSPS) is 11.5. The fourth-order valence-corrected chi connectivity index (χ4v) is 3.02. The van der Waals surface area contributed by atoms with Crippen LogP contribution < -0.4 is 10.9 Å². The topological polar surface area (TPSA) is 105 Å². The number of nitrogens with zero attached hydrogens (tertiary/aromatic N) is 3. The second kappa shape index (κ2) is 7.94. The number of hydrogen-bond acceptors (Lipinski definition) is 4. The first-order chi connectivity index (χ1) is 14.8. The van der Waals surface area contributed by atoms with Crippen LogP contribution in [-0.2, 0) is 17.5 Å². The minimum Gasteiger partial charge on any atom is -0.311 e. The first kappa shape index (κ1) is 20.1. The van der Waals surface area contributed by atoms with Crippen molar-refractivity contribution in [2.24, 2.45) is 0 Å². The monoisotopic (exact) mass is 428 g/mol. The average molecular weight is 428 g/mol. The zero-order chi connectivity index (χ0) is 22.0. The molecule has 0 fully saturated rings. The van der Waals surface area contributed by atoms with Crippen LogP contribution in [0.1, 0.15) is 16.3 Å². The molecule has 0 radical (unpaired) electrons. The predicted molar refractivity (Wildman–Crippen MR) is 104 cm³/mol. The number of carbonyl (C=O) groups is 2. The summed E-state index contributed by atoms with van der Waals surface area (Å²) in [5.74, 6) is -2.75. The molecule has 2 amide bonds. The summed E-state index contributed by atoms with van der Waals surface area (Å²) < 4.78 is 40.7. The van der Waals surface area contributed by atoms with Crippen molar-refractivity contribution < 1.29 is 22.8 Å². The summed E-state index contributed by atoms with van der Waals surface area (Å²) in [5.41, 5.74) is 5.91. The maximum absolute atomic E-state index is 13.3. The smallest absolute Gasteiger partial charge is 0.311 e. The molecule has 0 spiro atoms. The van der Waals surface area contributed by atoms with Crippen LogP contribution in [0.3, 0.4) is 0 Å². The molecule has 4 aromatic rings. The Hall–Kier alpha value is -4.15. The van der Waals surface area contributed by atoms with Gasteiger partial charge in [-0.3, -0.25) is 25.5 Å². The Labute approximate surface area is 173 Å². The molecule has 2 heterocycles. The van der Waals surface area contributed by atoms with Crippen LogP contribution in [0.25, 0.3) is 22.3 Å². The van der Waals surface area contributed by atoms with E-state index in [0.717, 1.165) is 10.1 Å². The molecule has 0 bridgehead atoms. The summed E-state index contributed by atoms with van der Waals surface area (Å²) in [6, 6.07) is 16.5. The van der Waals surface area contributed by atoms with Gasteiger partial charge in [-0.1, -0.05) is 42.5 Å². The molecule has 2 aromatic carbocycles. The second-order valence-electron chi connectivity index (χ2n) is 6.54. The zero-order valence-electron chi connectivity index (χ0n) is 15.8. The largest absolute Gasteiger partial charge is 0.449 e. The summed E-state index contributed by atoms with van der Waals surface area (Å²) >= 11 is 0. The molecule has 0 saturated heterocycles. The summed E-state index contributed by atoms with van der Waals surface area (Å²) in [5, 5.41) is 6.58. The number of halogens is 3. The fraction of sp³-hybridized carbons (Fsp3) is 0.100. The maximum Gasteiger partial charge on any atom is 0.449 e. The van der Waals surface area contributed by atoms with Crippen LogP contribution in [0.4, 0.5) is 13.2 Å². The number of hydrazine groups is 1. The minimum atomic E-state index is -4.74. The van der Waals surface area contributed by atoms with Crippen molar-refractivity contribution in [2.45, 2.75) is 12.7 Å². The molecule has 3 N–H and O–H groups in total. The third-order valence-corrected chi connectivity index (χ3v) is 4.42. The number of fused-ring (bicyclic) bond motifs is 1. The molecule has 0 saturated carbocycles. The van der Waals surface area contributed by atoms with Crippen LogP contribution in [0.15, 0.2) is 60.7 Å². The van der Waals surface area contributed by atoms with Gasteiger partial charge in [0.1, 0.15) is 12.2 Å². The van der Waals surface area contributed by atoms with Crippen molar-refractivity contribution in [1.82, 2.24) is 30.6 Å². The van der Waals surface area contributed by atoms with Gasteiger partial charge in [0.2, 0.25) is 5.82 Å². The SMILES string of the molecule is O=C(Cn1c(C(F)(F)F)nc2ccccc21)NNC(=O)c1cc(-c2ccccc2)n[nH]1. The number of aromatic nitrogens is 4. The van der Waals surface area contributed by atoms with Gasteiger partial charge in [0.05, 0.1) is 16.7 Å². The summed E-state index contributed by atoms with van der Waals surface area (Å²) in [6.07, 6.45) is -4.74. The van der Waals surface area contributed by atoms with E-state index in [0.29, 0.717) is 5.69 Å². The number of H-pyrrole nitrogens is 1. The third kappa shape index (κ3) is 4.25. The fourth-order valence-electron chi connectivity index (χ4n) is 3.02. The van der Waals surface area contributed by atoms with Crippen LogP contribution in [0.5, 0.6) is 0 Å². The molecule has 0 aliphatic rings. The lowest BCUT2D eigenvalue weighted by Gasteiger charge is -2.12. The van der Waals surface area contributed by atoms with Gasteiger partial charge in [0.25, 0.3) is 11.8 Å². The lowest BCUT2D eigenvalue weighted by molar-refractivity contribution is -0.147. The molecule has 8 nitrogen and oxygen atoms in total. The Kier molecular flexibility index (Phi) is 5.15. The maximum atomic E-state index is 13.3. The molecule has 0 unspecified atom stereocenters. The van der Waals surface area contributed by atoms with Crippen LogP contribution in [0.2, 0.25) is 0 Å². The average Bonchev–Trinajstić information content (AvgIpc) is 3.38. The molecular formula is C20H15F3N6O2. The van der Waals surface area contributed by atoms with Crippen molar-refractivity contribution in [1.29, 1.82) is 0 Å². The molecule has 0 atom stereocenters. The van der Waals surface area contributed by atoms with Gasteiger partial charge < -0.3 is 4.57 Å². The first-order valence-corrected chi connectivity index (χ1v) is 9.05. The Balaban J connectivity index is 1.44. The highest BCUT2D eigenvalue weighted by Gasteiger charge is 2.38. The summed E-state index contributed by atoms with van der Waals surface area (Å²) in [4.78, 5) is 28.0. The molecule has 0 aliphatic heterocycles. The van der Waals surface area contributed by atoms with E-state index in [1.165, 1.54) is 18.2 Å². The van der Waals surface area contributed by atoms with E-state index in [1.54, 1.807) is 12.1 Å². The van der Waals surface area contributed by atoms with Gasteiger partial charge in [-0.05, 0) is 18.2 Å². The van der Waals surface area contributed by atoms with Crippen molar-refractivity contribution >= 4 is 22.8 Å². The highest BCUT2D eigenvalue weighted by atomic mass is 19.4. The minimum absolute atomic E-state index is 0.0724. The lowest BCUT2D eigenvalue weighted by atomic mass is 10.1. The number of rotatable bonds is 4. The molecule has 4 rings (SSSR count).